The van der Waals surface area contributed by atoms with Crippen LogP contribution in [-0.2, 0) is 23.9 Å². The van der Waals surface area contributed by atoms with Gasteiger partial charge in [-0.05, 0) is 33.1 Å². The highest BCUT2D eigenvalue weighted by molar-refractivity contribution is 5.86. The first kappa shape index (κ1) is 26.8. The van der Waals surface area contributed by atoms with Gasteiger partial charge in [0.05, 0.1) is 31.3 Å². The summed E-state index contributed by atoms with van der Waals surface area (Å²) < 4.78 is 10.3. The molecule has 29 heavy (non-hydrogen) atoms. The summed E-state index contributed by atoms with van der Waals surface area (Å²) in [6.07, 6.45) is 5.42. The van der Waals surface area contributed by atoms with Crippen LogP contribution in [0.1, 0.15) is 46.0 Å². The molecule has 0 heterocycles. The Bertz CT molecular complexity index is 533. The molecular formula is C21H36N2O6. The van der Waals surface area contributed by atoms with Gasteiger partial charge >= 0.3 is 5.97 Å². The summed E-state index contributed by atoms with van der Waals surface area (Å²) in [5.41, 5.74) is -0.765. The first-order valence-electron chi connectivity index (χ1n) is 9.90. The second kappa shape index (κ2) is 15.7. The van der Waals surface area contributed by atoms with Crippen LogP contribution in [0, 0.1) is 5.92 Å². The Balaban J connectivity index is 4.47. The maximum atomic E-state index is 12.6. The molecule has 0 fully saturated rings. The molecule has 0 rings (SSSR count). The zero-order chi connectivity index (χ0) is 22.1. The summed E-state index contributed by atoms with van der Waals surface area (Å²) in [6.45, 7) is 11.5. The van der Waals surface area contributed by atoms with E-state index in [1.54, 1.807) is 26.0 Å². The molecule has 0 unspecified atom stereocenters. The summed E-state index contributed by atoms with van der Waals surface area (Å²) >= 11 is 0. The maximum absolute atomic E-state index is 12.6. The predicted octanol–water partition coefficient (Wildman–Crippen LogP) is 1.49. The minimum Gasteiger partial charge on any atom is -0.463 e. The van der Waals surface area contributed by atoms with Crippen molar-refractivity contribution in [2.45, 2.75) is 51.5 Å². The largest absolute Gasteiger partial charge is 0.463 e. The molecule has 0 aromatic carbocycles. The van der Waals surface area contributed by atoms with E-state index in [1.165, 1.54) is 0 Å². The number of amides is 2. The Morgan fingerprint density at radius 2 is 1.90 bits per heavy atom. The van der Waals surface area contributed by atoms with Gasteiger partial charge < -0.3 is 25.2 Å². The third-order valence-electron chi connectivity index (χ3n) is 3.90. The van der Waals surface area contributed by atoms with Crippen molar-refractivity contribution in [3.05, 3.63) is 25.3 Å². The topological polar surface area (TPSA) is 114 Å². The fraction of sp³-hybridized carbons (Fsp3) is 0.667. The Labute approximate surface area is 173 Å². The number of carbonyl (C=O) groups is 3. The third kappa shape index (κ3) is 14.5. The molecule has 0 radical (unpaired) electrons. The van der Waals surface area contributed by atoms with Crippen LogP contribution in [-0.4, -0.2) is 61.4 Å². The van der Waals surface area contributed by atoms with Crippen molar-refractivity contribution in [1.82, 2.24) is 10.6 Å². The van der Waals surface area contributed by atoms with E-state index in [1.807, 2.05) is 0 Å². The van der Waals surface area contributed by atoms with E-state index in [4.69, 9.17) is 14.6 Å². The van der Waals surface area contributed by atoms with E-state index in [0.717, 1.165) is 6.42 Å². The van der Waals surface area contributed by atoms with Gasteiger partial charge in [-0.2, -0.15) is 0 Å². The van der Waals surface area contributed by atoms with Crippen molar-refractivity contribution in [2.75, 3.05) is 33.0 Å². The number of aliphatic hydroxyl groups excluding tert-OH is 1. The monoisotopic (exact) mass is 412 g/mol. The summed E-state index contributed by atoms with van der Waals surface area (Å²) in [7, 11) is 0. The average molecular weight is 413 g/mol. The molecule has 0 aromatic heterocycles. The van der Waals surface area contributed by atoms with E-state index in [-0.39, 0.29) is 50.6 Å². The molecule has 1 atom stereocenters. The highest BCUT2D eigenvalue weighted by atomic mass is 16.5. The first-order valence-corrected chi connectivity index (χ1v) is 9.90. The van der Waals surface area contributed by atoms with Crippen LogP contribution in [0.15, 0.2) is 25.3 Å². The van der Waals surface area contributed by atoms with E-state index in [0.29, 0.717) is 25.8 Å². The van der Waals surface area contributed by atoms with Crippen LogP contribution in [0.3, 0.4) is 0 Å². The van der Waals surface area contributed by atoms with Crippen molar-refractivity contribution >= 4 is 17.8 Å². The molecular weight excluding hydrogens is 376 g/mol. The van der Waals surface area contributed by atoms with E-state index < -0.39 is 11.5 Å². The number of carbonyl (C=O) groups excluding carboxylic acids is 3. The highest BCUT2D eigenvalue weighted by Crippen LogP contribution is 2.13. The number of unbranched alkanes of at least 4 members (excludes halogenated alkanes) is 1. The van der Waals surface area contributed by atoms with Crippen molar-refractivity contribution in [3.8, 4) is 0 Å². The lowest BCUT2D eigenvalue weighted by Crippen LogP contribution is -2.50. The fourth-order valence-corrected chi connectivity index (χ4v) is 2.40. The van der Waals surface area contributed by atoms with Crippen molar-refractivity contribution in [2.24, 2.45) is 5.92 Å². The minimum absolute atomic E-state index is 0.00920. The lowest BCUT2D eigenvalue weighted by atomic mass is 9.97. The average Bonchev–Trinajstić information content (AvgIpc) is 2.66. The van der Waals surface area contributed by atoms with Crippen molar-refractivity contribution < 1.29 is 29.0 Å². The number of aliphatic hydroxyl groups is 1. The Morgan fingerprint density at radius 1 is 1.17 bits per heavy atom. The molecule has 3 N–H and O–H groups in total. The van der Waals surface area contributed by atoms with Crippen LogP contribution in [0.25, 0.3) is 0 Å². The van der Waals surface area contributed by atoms with Gasteiger partial charge in [0.2, 0.25) is 11.8 Å². The van der Waals surface area contributed by atoms with Gasteiger partial charge in [-0.15, -0.1) is 13.2 Å². The fourth-order valence-electron chi connectivity index (χ4n) is 2.40. The minimum atomic E-state index is -0.765. The van der Waals surface area contributed by atoms with Gasteiger partial charge in [0.1, 0.15) is 6.61 Å². The second-order valence-electron chi connectivity index (χ2n) is 7.33. The third-order valence-corrected chi connectivity index (χ3v) is 3.90. The normalized spacial score (nSPS) is 12.0. The molecule has 0 aromatic rings. The Hall–Kier alpha value is -2.19. The standard InChI is InChI=1S/C21H36N2O6/c1-5-7-8-10-19(26)29-16-21(3,4)23-20(27)17(9-6-2)15-18(25)22-11-13-28-14-12-24/h5-6,17,24H,1-2,7-16H2,3-4H3,(H,22,25)(H,23,27)/t17-/m0/s1. The second-order valence-corrected chi connectivity index (χ2v) is 7.33. The summed E-state index contributed by atoms with van der Waals surface area (Å²) in [6, 6.07) is 0. The van der Waals surface area contributed by atoms with Crippen molar-refractivity contribution in [3.63, 3.8) is 0 Å². The SMILES string of the molecule is C=CCCCC(=O)OCC(C)(C)NC(=O)[C@@H](CC=C)CC(=O)NCCOCCO. The maximum Gasteiger partial charge on any atom is 0.305 e. The van der Waals surface area contributed by atoms with Crippen LogP contribution in [0.2, 0.25) is 0 Å². The molecule has 0 aliphatic heterocycles. The van der Waals surface area contributed by atoms with Crippen LogP contribution < -0.4 is 10.6 Å². The number of esters is 1. The van der Waals surface area contributed by atoms with Gasteiger partial charge in [0.25, 0.3) is 0 Å². The molecule has 8 heteroatoms. The number of hydrogen-bond acceptors (Lipinski definition) is 6. The van der Waals surface area contributed by atoms with E-state index in [9.17, 15) is 14.4 Å². The van der Waals surface area contributed by atoms with Gasteiger partial charge in [0, 0.05) is 19.4 Å². The van der Waals surface area contributed by atoms with Crippen molar-refractivity contribution in [1.29, 1.82) is 0 Å². The zero-order valence-electron chi connectivity index (χ0n) is 17.7. The summed E-state index contributed by atoms with van der Waals surface area (Å²) in [5, 5.41) is 14.1. The molecule has 0 saturated heterocycles. The van der Waals surface area contributed by atoms with Crippen LogP contribution >= 0.6 is 0 Å². The van der Waals surface area contributed by atoms with Gasteiger partial charge in [-0.1, -0.05) is 12.2 Å². The molecule has 0 bridgehead atoms. The van der Waals surface area contributed by atoms with E-state index in [2.05, 4.69) is 23.8 Å². The first-order chi connectivity index (χ1) is 13.8. The molecule has 0 aliphatic rings. The Kier molecular flexibility index (Phi) is 14.5. The zero-order valence-corrected chi connectivity index (χ0v) is 17.7. The number of allylic oxidation sites excluding steroid dienone is 2. The van der Waals surface area contributed by atoms with Gasteiger partial charge in [-0.25, -0.2) is 0 Å². The number of nitrogens with one attached hydrogen (secondary N) is 2. The summed E-state index contributed by atoms with van der Waals surface area (Å²) in [5.74, 6) is -1.47. The molecule has 166 valence electrons. The Morgan fingerprint density at radius 3 is 2.52 bits per heavy atom. The van der Waals surface area contributed by atoms with Gasteiger partial charge in [-0.3, -0.25) is 14.4 Å². The molecule has 2 amide bonds. The quantitative estimate of drug-likeness (QED) is 0.189. The van der Waals surface area contributed by atoms with Crippen LogP contribution in [0.4, 0.5) is 0 Å². The number of hydrogen-bond donors (Lipinski definition) is 3. The number of rotatable bonds is 17. The number of ether oxygens (including phenoxy) is 2. The highest BCUT2D eigenvalue weighted by Gasteiger charge is 2.28. The molecule has 0 aliphatic carbocycles. The lowest BCUT2D eigenvalue weighted by Gasteiger charge is -2.28. The molecule has 8 nitrogen and oxygen atoms in total. The molecule has 0 spiro atoms. The predicted molar refractivity (Wildman–Crippen MR) is 111 cm³/mol. The van der Waals surface area contributed by atoms with Crippen LogP contribution in [0.5, 0.6) is 0 Å². The smallest absolute Gasteiger partial charge is 0.305 e. The molecule has 0 saturated carbocycles. The van der Waals surface area contributed by atoms with Gasteiger partial charge in [0.15, 0.2) is 0 Å². The van der Waals surface area contributed by atoms with E-state index >= 15 is 0 Å². The lowest BCUT2D eigenvalue weighted by molar-refractivity contribution is -0.146. The summed E-state index contributed by atoms with van der Waals surface area (Å²) in [4.78, 5) is 36.4.